The van der Waals surface area contributed by atoms with Crippen molar-refractivity contribution in [3.8, 4) is 5.69 Å². The van der Waals surface area contributed by atoms with Gasteiger partial charge in [-0.3, -0.25) is 5.32 Å². The third-order valence-corrected chi connectivity index (χ3v) is 11.5. The Morgan fingerprint density at radius 3 is 2.24 bits per heavy atom. The highest BCUT2D eigenvalue weighted by atomic mass is 32.1. The van der Waals surface area contributed by atoms with Gasteiger partial charge in [-0.15, -0.1) is 11.3 Å². The number of furan rings is 1. The van der Waals surface area contributed by atoms with Gasteiger partial charge in [-0.1, -0.05) is 127 Å². The molecule has 0 saturated carbocycles. The molecule has 0 radical (unpaired) electrons. The number of aliphatic imine (C=N–C) groups is 1. The van der Waals surface area contributed by atoms with Crippen LogP contribution in [0.25, 0.3) is 69.6 Å². The second kappa shape index (κ2) is 11.2. The molecule has 242 valence electrons. The molecule has 11 rings (SSSR count). The van der Waals surface area contributed by atoms with Gasteiger partial charge < -0.3 is 14.3 Å². The lowest BCUT2D eigenvalue weighted by molar-refractivity contribution is 0.411. The van der Waals surface area contributed by atoms with Gasteiger partial charge in [0.15, 0.2) is 5.58 Å². The molecule has 2 atom stereocenters. The quantitative estimate of drug-likeness (QED) is 0.195. The maximum absolute atomic E-state index is 6.57. The second-order valence-corrected chi connectivity index (χ2v) is 14.2. The highest BCUT2D eigenvalue weighted by molar-refractivity contribution is 7.26. The van der Waals surface area contributed by atoms with Gasteiger partial charge in [-0.2, -0.15) is 0 Å². The zero-order valence-electron chi connectivity index (χ0n) is 27.4. The van der Waals surface area contributed by atoms with E-state index >= 15 is 0 Å². The third-order valence-electron chi connectivity index (χ3n) is 10.3. The van der Waals surface area contributed by atoms with Gasteiger partial charge in [0.25, 0.3) is 0 Å². The molecule has 10 aromatic rings. The Bertz CT molecular complexity index is 3010. The number of para-hydroxylation sites is 3. The summed E-state index contributed by atoms with van der Waals surface area (Å²) in [5.74, 6) is 0.853. The van der Waals surface area contributed by atoms with Crippen molar-refractivity contribution in [1.29, 1.82) is 0 Å². The number of hydrogen-bond donors (Lipinski definition) is 2. The highest BCUT2D eigenvalue weighted by Crippen LogP contribution is 2.40. The van der Waals surface area contributed by atoms with E-state index in [-0.39, 0.29) is 12.3 Å². The Balaban J connectivity index is 1.11. The first-order chi connectivity index (χ1) is 25.3. The average Bonchev–Trinajstić information content (AvgIpc) is 3.87. The number of aromatic nitrogens is 1. The van der Waals surface area contributed by atoms with Crippen LogP contribution in [0.3, 0.4) is 0 Å². The molecule has 6 heteroatoms. The molecule has 0 spiro atoms. The number of rotatable bonds is 4. The molecule has 0 saturated heterocycles. The van der Waals surface area contributed by atoms with Crippen LogP contribution in [0.2, 0.25) is 0 Å². The van der Waals surface area contributed by atoms with E-state index in [9.17, 15) is 0 Å². The summed E-state index contributed by atoms with van der Waals surface area (Å²) in [6.45, 7) is 0. The molecule has 1 aliphatic heterocycles. The predicted molar refractivity (Wildman–Crippen MR) is 212 cm³/mol. The summed E-state index contributed by atoms with van der Waals surface area (Å²) in [4.78, 5) is 5.33. The molecular weight excluding hydrogens is 645 g/mol. The van der Waals surface area contributed by atoms with E-state index in [1.165, 1.54) is 36.5 Å². The van der Waals surface area contributed by atoms with Crippen LogP contribution in [0.1, 0.15) is 29.0 Å². The molecule has 3 aromatic heterocycles. The van der Waals surface area contributed by atoms with Gasteiger partial charge in [0.1, 0.15) is 23.8 Å². The zero-order valence-corrected chi connectivity index (χ0v) is 28.2. The van der Waals surface area contributed by atoms with Crippen LogP contribution in [0.15, 0.2) is 167 Å². The molecule has 0 amide bonds. The number of hydrogen-bond acceptors (Lipinski definition) is 5. The Morgan fingerprint density at radius 2 is 1.31 bits per heavy atom. The summed E-state index contributed by atoms with van der Waals surface area (Å²) in [7, 11) is 0. The highest BCUT2D eigenvalue weighted by Gasteiger charge is 2.28. The largest absolute Gasteiger partial charge is 0.454 e. The molecule has 2 unspecified atom stereocenters. The number of nitrogens with one attached hydrogen (secondary N) is 2. The van der Waals surface area contributed by atoms with Crippen molar-refractivity contribution in [2.75, 3.05) is 0 Å². The molecule has 5 nitrogen and oxygen atoms in total. The van der Waals surface area contributed by atoms with Crippen LogP contribution < -0.4 is 10.6 Å². The second-order valence-electron chi connectivity index (χ2n) is 13.2. The fraction of sp³-hybridized carbons (Fsp3) is 0.0444. The first-order valence-electron chi connectivity index (χ1n) is 17.3. The van der Waals surface area contributed by atoms with E-state index in [1.807, 2.05) is 23.5 Å². The lowest BCUT2D eigenvalue weighted by Gasteiger charge is -2.32. The van der Waals surface area contributed by atoms with Crippen LogP contribution in [0.4, 0.5) is 0 Å². The SMILES string of the molecule is c1ccc(C2N=C(c3ccc4c5ccccc5n(-c5cccc6c5oc5ccccc56)c4c3)NC(c3cccc4c3sc3ccccc34)N2)cc1. The standard InChI is InChI=1S/C45H30N4OS/c1-2-12-27(13-3-1)43-46-44(48-45(47-43)35-19-10-18-34-32-16-6-9-23-40(32)51-42(34)35)28-24-25-30-29-14-4-7-20-36(29)49(38(30)26-28)37-21-11-17-33-31-15-5-8-22-39(31)50-41(33)37/h1-26,43,45,47H,(H,46,48). The van der Waals surface area contributed by atoms with E-state index in [0.29, 0.717) is 0 Å². The van der Waals surface area contributed by atoms with Gasteiger partial charge in [-0.05, 0) is 35.9 Å². The minimum atomic E-state index is -0.233. The van der Waals surface area contributed by atoms with E-state index in [1.54, 1.807) is 0 Å². The van der Waals surface area contributed by atoms with E-state index in [4.69, 9.17) is 9.41 Å². The molecule has 7 aromatic carbocycles. The monoisotopic (exact) mass is 674 g/mol. The van der Waals surface area contributed by atoms with Gasteiger partial charge in [0.2, 0.25) is 0 Å². The van der Waals surface area contributed by atoms with Gasteiger partial charge >= 0.3 is 0 Å². The summed E-state index contributed by atoms with van der Waals surface area (Å²) in [6.07, 6.45) is -0.395. The van der Waals surface area contributed by atoms with Crippen molar-refractivity contribution >= 4 is 81.1 Å². The molecule has 1 aliphatic rings. The summed E-state index contributed by atoms with van der Waals surface area (Å²) in [5, 5.41) is 14.9. The summed E-state index contributed by atoms with van der Waals surface area (Å²) in [5.41, 5.74) is 8.39. The number of thiophene rings is 1. The Labute approximate surface area is 297 Å². The average molecular weight is 675 g/mol. The predicted octanol–water partition coefficient (Wildman–Crippen LogP) is 11.4. The van der Waals surface area contributed by atoms with Crippen LogP contribution in [0.5, 0.6) is 0 Å². The van der Waals surface area contributed by atoms with Crippen molar-refractivity contribution < 1.29 is 4.42 Å². The molecule has 4 heterocycles. The molecule has 0 fully saturated rings. The van der Waals surface area contributed by atoms with Crippen molar-refractivity contribution in [2.24, 2.45) is 4.99 Å². The zero-order chi connectivity index (χ0) is 33.5. The van der Waals surface area contributed by atoms with Crippen molar-refractivity contribution in [3.63, 3.8) is 0 Å². The number of amidine groups is 1. The van der Waals surface area contributed by atoms with Gasteiger partial charge in [-0.25, -0.2) is 4.99 Å². The van der Waals surface area contributed by atoms with Crippen LogP contribution >= 0.6 is 11.3 Å². The first-order valence-corrected chi connectivity index (χ1v) is 18.1. The van der Waals surface area contributed by atoms with Crippen molar-refractivity contribution in [1.82, 2.24) is 15.2 Å². The fourth-order valence-corrected chi connectivity index (χ4v) is 9.20. The summed E-state index contributed by atoms with van der Waals surface area (Å²) >= 11 is 1.85. The molecule has 0 aliphatic carbocycles. The smallest absolute Gasteiger partial charge is 0.159 e. The maximum atomic E-state index is 6.57. The molecule has 51 heavy (non-hydrogen) atoms. The molecule has 2 N–H and O–H groups in total. The number of nitrogens with zero attached hydrogens (tertiary/aromatic N) is 2. The Kier molecular flexibility index (Phi) is 6.26. The van der Waals surface area contributed by atoms with Gasteiger partial charge in [0.05, 0.1) is 16.7 Å². The van der Waals surface area contributed by atoms with Gasteiger partial charge in [0, 0.05) is 52.8 Å². The third kappa shape index (κ3) is 4.40. The normalized spacial score (nSPS) is 16.4. The van der Waals surface area contributed by atoms with E-state index < -0.39 is 0 Å². The molecule has 0 bridgehead atoms. The van der Waals surface area contributed by atoms with Crippen molar-refractivity contribution in [3.05, 3.63) is 174 Å². The van der Waals surface area contributed by atoms with Crippen LogP contribution in [0, 0.1) is 0 Å². The fourth-order valence-electron chi connectivity index (χ4n) is 7.95. The lowest BCUT2D eigenvalue weighted by Crippen LogP contribution is -2.45. The van der Waals surface area contributed by atoms with Crippen LogP contribution in [-0.4, -0.2) is 10.4 Å². The summed E-state index contributed by atoms with van der Waals surface area (Å²) in [6, 6.07) is 55.9. The van der Waals surface area contributed by atoms with E-state index in [2.05, 4.69) is 161 Å². The number of fused-ring (bicyclic) bond motifs is 9. The first kappa shape index (κ1) is 28.6. The van der Waals surface area contributed by atoms with Crippen molar-refractivity contribution in [2.45, 2.75) is 12.3 Å². The van der Waals surface area contributed by atoms with E-state index in [0.717, 1.165) is 55.6 Å². The Hall–Kier alpha value is -6.21. The molecular formula is C45H30N4OS. The minimum Gasteiger partial charge on any atom is -0.454 e. The topological polar surface area (TPSA) is 54.5 Å². The lowest BCUT2D eigenvalue weighted by atomic mass is 10.0. The Morgan fingerprint density at radius 1 is 0.588 bits per heavy atom. The van der Waals surface area contributed by atoms with Crippen LogP contribution in [-0.2, 0) is 0 Å². The summed E-state index contributed by atoms with van der Waals surface area (Å²) < 4.78 is 11.5. The number of benzene rings is 7. The minimum absolute atomic E-state index is 0.162. The maximum Gasteiger partial charge on any atom is 0.159 e.